The zero-order valence-corrected chi connectivity index (χ0v) is 11.8. The van der Waals surface area contributed by atoms with Gasteiger partial charge in [-0.15, -0.1) is 0 Å². The van der Waals surface area contributed by atoms with E-state index < -0.39 is 0 Å². The van der Waals surface area contributed by atoms with Crippen LogP contribution in [0.5, 0.6) is 0 Å². The van der Waals surface area contributed by atoms with Crippen molar-refractivity contribution in [2.45, 2.75) is 20.3 Å². The van der Waals surface area contributed by atoms with E-state index in [4.69, 9.17) is 5.84 Å². The number of nitrogens with zero attached hydrogens (tertiary/aromatic N) is 1. The van der Waals surface area contributed by atoms with Crippen LogP contribution in [-0.2, 0) is 0 Å². The van der Waals surface area contributed by atoms with Crippen LogP contribution in [0.4, 0.5) is 5.69 Å². The van der Waals surface area contributed by atoms with E-state index >= 15 is 0 Å². The van der Waals surface area contributed by atoms with Gasteiger partial charge < -0.3 is 10.7 Å². The van der Waals surface area contributed by atoms with Crippen LogP contribution in [0.2, 0.25) is 0 Å². The second kappa shape index (κ2) is 6.34. The number of hydrazine groups is 1. The molecule has 1 aromatic heterocycles. The molecule has 0 saturated carbocycles. The maximum atomic E-state index is 12.1. The van der Waals surface area contributed by atoms with Crippen LogP contribution in [0.25, 0.3) is 10.9 Å². The second-order valence-corrected chi connectivity index (χ2v) is 5.15. The molecule has 2 aromatic rings. The summed E-state index contributed by atoms with van der Waals surface area (Å²) in [5.41, 5.74) is 4.44. The number of hydrogen-bond donors (Lipinski definition) is 3. The average molecular weight is 272 g/mol. The largest absolute Gasteiger partial charge is 0.351 e. The van der Waals surface area contributed by atoms with Crippen LogP contribution in [0.1, 0.15) is 30.8 Å². The fourth-order valence-electron chi connectivity index (χ4n) is 1.98. The fraction of sp³-hybridized carbons (Fsp3) is 0.333. The number of rotatable bonds is 5. The minimum absolute atomic E-state index is 0.173. The Labute approximate surface area is 118 Å². The van der Waals surface area contributed by atoms with Crippen LogP contribution < -0.4 is 16.6 Å². The first-order chi connectivity index (χ1) is 9.61. The molecule has 0 aliphatic heterocycles. The van der Waals surface area contributed by atoms with E-state index in [1.54, 1.807) is 6.07 Å². The minimum Gasteiger partial charge on any atom is -0.351 e. The van der Waals surface area contributed by atoms with Gasteiger partial charge >= 0.3 is 0 Å². The van der Waals surface area contributed by atoms with Gasteiger partial charge in [0.05, 0.1) is 11.2 Å². The number of para-hydroxylation sites is 1. The first-order valence-corrected chi connectivity index (χ1v) is 6.76. The van der Waals surface area contributed by atoms with Crippen molar-refractivity contribution in [2.24, 2.45) is 11.8 Å². The maximum absolute atomic E-state index is 12.1. The number of aromatic nitrogens is 1. The van der Waals surface area contributed by atoms with Gasteiger partial charge in [0.25, 0.3) is 5.91 Å². The Morgan fingerprint density at radius 1 is 1.35 bits per heavy atom. The van der Waals surface area contributed by atoms with E-state index in [9.17, 15) is 4.79 Å². The number of nitrogens with two attached hydrogens (primary N) is 1. The topological polar surface area (TPSA) is 80.0 Å². The first-order valence-electron chi connectivity index (χ1n) is 6.76. The molecule has 5 heteroatoms. The number of amides is 1. The lowest BCUT2D eigenvalue weighted by Gasteiger charge is -2.10. The molecule has 0 fully saturated rings. The number of carbonyl (C=O) groups is 1. The van der Waals surface area contributed by atoms with Gasteiger partial charge in [-0.1, -0.05) is 32.0 Å². The number of anilines is 1. The molecule has 0 bridgehead atoms. The van der Waals surface area contributed by atoms with E-state index in [0.717, 1.165) is 17.3 Å². The molecular formula is C15H20N4O. The molecule has 20 heavy (non-hydrogen) atoms. The summed E-state index contributed by atoms with van der Waals surface area (Å²) >= 11 is 0. The molecule has 0 unspecified atom stereocenters. The molecule has 1 heterocycles. The molecule has 1 aromatic carbocycles. The molecule has 0 spiro atoms. The first kappa shape index (κ1) is 14.3. The van der Waals surface area contributed by atoms with Gasteiger partial charge in [-0.2, -0.15) is 0 Å². The van der Waals surface area contributed by atoms with Crippen molar-refractivity contribution in [3.8, 4) is 0 Å². The van der Waals surface area contributed by atoms with E-state index in [1.165, 1.54) is 0 Å². The van der Waals surface area contributed by atoms with Crippen LogP contribution in [0.3, 0.4) is 0 Å². The Bertz CT molecular complexity index is 610. The van der Waals surface area contributed by atoms with Crippen molar-refractivity contribution in [3.63, 3.8) is 0 Å². The van der Waals surface area contributed by atoms with Crippen LogP contribution in [-0.4, -0.2) is 17.4 Å². The highest BCUT2D eigenvalue weighted by Crippen LogP contribution is 2.22. The second-order valence-electron chi connectivity index (χ2n) is 5.15. The normalized spacial score (nSPS) is 10.8. The lowest BCUT2D eigenvalue weighted by Crippen LogP contribution is -2.26. The highest BCUT2D eigenvalue weighted by Gasteiger charge is 2.11. The number of pyridine rings is 1. The third-order valence-corrected chi connectivity index (χ3v) is 3.11. The predicted octanol–water partition coefficient (Wildman–Crippen LogP) is 2.30. The summed E-state index contributed by atoms with van der Waals surface area (Å²) in [7, 11) is 0. The minimum atomic E-state index is -0.173. The van der Waals surface area contributed by atoms with Crippen molar-refractivity contribution in [1.29, 1.82) is 0 Å². The van der Waals surface area contributed by atoms with Gasteiger partial charge in [0, 0.05) is 11.9 Å². The molecule has 5 nitrogen and oxygen atoms in total. The smallest absolute Gasteiger partial charge is 0.269 e. The summed E-state index contributed by atoms with van der Waals surface area (Å²) < 4.78 is 0. The molecule has 0 atom stereocenters. The van der Waals surface area contributed by atoms with Crippen LogP contribution >= 0.6 is 0 Å². The molecule has 0 aliphatic carbocycles. The van der Waals surface area contributed by atoms with Crippen molar-refractivity contribution in [2.75, 3.05) is 12.0 Å². The lowest BCUT2D eigenvalue weighted by molar-refractivity contribution is 0.0947. The Hall–Kier alpha value is -2.14. The summed E-state index contributed by atoms with van der Waals surface area (Å²) in [6.07, 6.45) is 0.946. The SMILES string of the molecule is CC(C)CCNC(=O)c1cc(NN)c2ccccc2n1. The fourth-order valence-corrected chi connectivity index (χ4v) is 1.98. The molecule has 0 aliphatic rings. The monoisotopic (exact) mass is 272 g/mol. The highest BCUT2D eigenvalue weighted by atomic mass is 16.1. The number of benzene rings is 1. The standard InChI is InChI=1S/C15H20N4O/c1-10(2)7-8-17-15(20)14-9-13(19-16)11-5-3-4-6-12(11)18-14/h3-6,9-10H,7-8,16H2,1-2H3,(H,17,20)(H,18,19). The number of hydrogen-bond acceptors (Lipinski definition) is 4. The quantitative estimate of drug-likeness (QED) is 0.576. The summed E-state index contributed by atoms with van der Waals surface area (Å²) in [5, 5.41) is 3.77. The molecule has 0 radical (unpaired) electrons. The Balaban J connectivity index is 2.23. The van der Waals surface area contributed by atoms with E-state index in [2.05, 4.69) is 29.6 Å². The zero-order valence-electron chi connectivity index (χ0n) is 11.8. The lowest BCUT2D eigenvalue weighted by atomic mass is 10.1. The third-order valence-electron chi connectivity index (χ3n) is 3.11. The Morgan fingerprint density at radius 2 is 2.10 bits per heavy atom. The van der Waals surface area contributed by atoms with E-state index in [-0.39, 0.29) is 5.91 Å². The summed E-state index contributed by atoms with van der Waals surface area (Å²) in [4.78, 5) is 16.5. The van der Waals surface area contributed by atoms with Crippen LogP contribution in [0, 0.1) is 5.92 Å². The van der Waals surface area contributed by atoms with Crippen molar-refractivity contribution in [1.82, 2.24) is 10.3 Å². The van der Waals surface area contributed by atoms with E-state index in [0.29, 0.717) is 23.8 Å². The number of nitrogen functional groups attached to an aromatic ring is 1. The van der Waals surface area contributed by atoms with Gasteiger partial charge in [0.15, 0.2) is 0 Å². The Kier molecular flexibility index (Phi) is 4.53. The molecule has 1 amide bonds. The van der Waals surface area contributed by atoms with E-state index in [1.807, 2.05) is 24.3 Å². The molecule has 0 saturated heterocycles. The van der Waals surface area contributed by atoms with Gasteiger partial charge in [-0.3, -0.25) is 10.6 Å². The molecule has 106 valence electrons. The molecule has 4 N–H and O–H groups in total. The van der Waals surface area contributed by atoms with Gasteiger partial charge in [0.1, 0.15) is 5.69 Å². The maximum Gasteiger partial charge on any atom is 0.269 e. The zero-order chi connectivity index (χ0) is 14.5. The van der Waals surface area contributed by atoms with Crippen molar-refractivity contribution in [3.05, 3.63) is 36.0 Å². The van der Waals surface area contributed by atoms with Gasteiger partial charge in [-0.05, 0) is 24.5 Å². The molecule has 2 rings (SSSR count). The highest BCUT2D eigenvalue weighted by molar-refractivity contribution is 5.99. The third kappa shape index (κ3) is 3.24. The predicted molar refractivity (Wildman–Crippen MR) is 81.3 cm³/mol. The summed E-state index contributed by atoms with van der Waals surface area (Å²) in [6, 6.07) is 9.25. The number of fused-ring (bicyclic) bond motifs is 1. The average Bonchev–Trinajstić information content (AvgIpc) is 2.45. The summed E-state index contributed by atoms with van der Waals surface area (Å²) in [6.45, 7) is 4.89. The van der Waals surface area contributed by atoms with Gasteiger partial charge in [-0.25, -0.2) is 4.98 Å². The number of nitrogens with one attached hydrogen (secondary N) is 2. The Morgan fingerprint density at radius 3 is 2.80 bits per heavy atom. The number of carbonyl (C=O) groups excluding carboxylic acids is 1. The van der Waals surface area contributed by atoms with Crippen LogP contribution in [0.15, 0.2) is 30.3 Å². The van der Waals surface area contributed by atoms with Crippen molar-refractivity contribution >= 4 is 22.5 Å². The van der Waals surface area contributed by atoms with Crippen molar-refractivity contribution < 1.29 is 4.79 Å². The van der Waals surface area contributed by atoms with Gasteiger partial charge in [0.2, 0.25) is 0 Å². The molecular weight excluding hydrogens is 252 g/mol. The summed E-state index contributed by atoms with van der Waals surface area (Å²) in [5.74, 6) is 5.90.